The smallest absolute Gasteiger partial charge is 0.340 e. The van der Waals surface area contributed by atoms with Gasteiger partial charge in [0.05, 0.1) is 30.3 Å². The number of fused-ring (bicyclic) bond motifs is 1. The van der Waals surface area contributed by atoms with Crippen molar-refractivity contribution in [2.24, 2.45) is 0 Å². The number of anilines is 1. The molecule has 0 spiro atoms. The zero-order valence-electron chi connectivity index (χ0n) is 18.7. The number of benzene rings is 1. The van der Waals surface area contributed by atoms with Gasteiger partial charge < -0.3 is 34.4 Å². The first kappa shape index (κ1) is 27.1. The molecule has 0 amide bonds. The first-order chi connectivity index (χ1) is 16.8. The molecule has 0 saturated carbocycles. The molecule has 0 radical (unpaired) electrons. The minimum Gasteiger partial charge on any atom is -0.388 e. The van der Waals surface area contributed by atoms with Gasteiger partial charge in [0.25, 0.3) is 0 Å². The van der Waals surface area contributed by atoms with Crippen molar-refractivity contribution in [1.82, 2.24) is 19.7 Å². The van der Waals surface area contributed by atoms with Crippen molar-refractivity contribution in [3.63, 3.8) is 0 Å². The number of ether oxygens (including phenoxy) is 1. The molecule has 4 rings (SSSR count). The summed E-state index contributed by atoms with van der Waals surface area (Å²) >= 11 is 6.12. The first-order valence-electron chi connectivity index (χ1n) is 10.6. The van der Waals surface area contributed by atoms with Crippen LogP contribution in [0.25, 0.3) is 11.0 Å². The Morgan fingerprint density at radius 2 is 2.08 bits per heavy atom. The molecular weight excluding hydrogens is 543 g/mol. The second-order valence-electron chi connectivity index (χ2n) is 8.28. The van der Waals surface area contributed by atoms with Crippen LogP contribution in [0.1, 0.15) is 31.2 Å². The molecule has 5 N–H and O–H groups in total. The fraction of sp³-hybridized carbons (Fsp3) is 0.421. The summed E-state index contributed by atoms with van der Waals surface area (Å²) in [4.78, 5) is 35.8. The lowest BCUT2D eigenvalue weighted by atomic mass is 10.1. The summed E-state index contributed by atoms with van der Waals surface area (Å²) in [7, 11) is -9.35. The summed E-state index contributed by atoms with van der Waals surface area (Å²) < 4.78 is 48.3. The van der Waals surface area contributed by atoms with Crippen LogP contribution < -0.4 is 5.32 Å². The molecule has 2 aromatic heterocycles. The molecule has 0 aliphatic carbocycles. The summed E-state index contributed by atoms with van der Waals surface area (Å²) in [5.74, 6) is -1.40. The van der Waals surface area contributed by atoms with E-state index in [-0.39, 0.29) is 29.2 Å². The minimum atomic E-state index is -4.78. The molecule has 5 atom stereocenters. The highest BCUT2D eigenvalue weighted by molar-refractivity contribution is 7.70. The molecule has 3 aromatic rings. The van der Waals surface area contributed by atoms with E-state index in [9.17, 15) is 23.5 Å². The fourth-order valence-electron chi connectivity index (χ4n) is 3.79. The molecule has 1 fully saturated rings. The lowest BCUT2D eigenvalue weighted by Crippen LogP contribution is -2.21. The van der Waals surface area contributed by atoms with Crippen molar-refractivity contribution >= 4 is 43.6 Å². The van der Waals surface area contributed by atoms with Crippen LogP contribution in [-0.2, 0) is 18.4 Å². The van der Waals surface area contributed by atoms with Crippen LogP contribution in [0.2, 0.25) is 5.28 Å². The number of nitrogens with one attached hydrogen (secondary N) is 1. The Balaban J connectivity index is 1.52. The quantitative estimate of drug-likeness (QED) is 0.189. The average molecular weight is 566 g/mol. The number of aliphatic hydroxyl groups is 1. The summed E-state index contributed by atoms with van der Waals surface area (Å²) in [5.41, 5.74) is 0.895. The van der Waals surface area contributed by atoms with Crippen LogP contribution in [0.15, 0.2) is 30.5 Å². The maximum absolute atomic E-state index is 13.6. The molecular formula is C19H23ClFN5O8P2. The maximum Gasteiger partial charge on any atom is 0.340 e. The number of hydrogen-bond acceptors (Lipinski definition) is 9. The highest BCUT2D eigenvalue weighted by atomic mass is 35.5. The minimum absolute atomic E-state index is 0.0114. The predicted octanol–water partition coefficient (Wildman–Crippen LogP) is 2.78. The molecule has 1 saturated heterocycles. The largest absolute Gasteiger partial charge is 0.388 e. The Morgan fingerprint density at radius 1 is 1.33 bits per heavy atom. The third kappa shape index (κ3) is 6.46. The highest BCUT2D eigenvalue weighted by Gasteiger charge is 2.39. The molecule has 1 unspecified atom stereocenters. The van der Waals surface area contributed by atoms with E-state index >= 15 is 0 Å². The molecule has 17 heteroatoms. The highest BCUT2D eigenvalue weighted by Crippen LogP contribution is 2.55. The Morgan fingerprint density at radius 3 is 2.78 bits per heavy atom. The number of nitrogens with zero attached hydrogens (tertiary/aromatic N) is 4. The second kappa shape index (κ2) is 10.4. The average Bonchev–Trinajstić information content (AvgIpc) is 3.33. The Labute approximate surface area is 208 Å². The third-order valence-electron chi connectivity index (χ3n) is 5.36. The van der Waals surface area contributed by atoms with Gasteiger partial charge in [0.2, 0.25) is 5.28 Å². The third-order valence-corrected chi connectivity index (χ3v) is 8.99. The molecule has 1 aliphatic heterocycles. The van der Waals surface area contributed by atoms with Gasteiger partial charge in [-0.25, -0.2) is 9.07 Å². The predicted molar refractivity (Wildman–Crippen MR) is 126 cm³/mol. The lowest BCUT2D eigenvalue weighted by molar-refractivity contribution is -0.0528. The van der Waals surface area contributed by atoms with E-state index in [0.717, 1.165) is 0 Å². The van der Waals surface area contributed by atoms with Crippen LogP contribution in [0.3, 0.4) is 0 Å². The Kier molecular flexibility index (Phi) is 7.82. The molecule has 0 bridgehead atoms. The van der Waals surface area contributed by atoms with E-state index in [0.29, 0.717) is 16.8 Å². The van der Waals surface area contributed by atoms with Crippen molar-refractivity contribution in [3.8, 4) is 0 Å². The zero-order chi connectivity index (χ0) is 26.3. The summed E-state index contributed by atoms with van der Waals surface area (Å²) in [6, 6.07) is 5.71. The van der Waals surface area contributed by atoms with Gasteiger partial charge in [-0.2, -0.15) is 15.1 Å². The van der Waals surface area contributed by atoms with Gasteiger partial charge in [-0.15, -0.1) is 0 Å². The molecule has 3 heterocycles. The van der Waals surface area contributed by atoms with Gasteiger partial charge in [0.1, 0.15) is 17.7 Å². The van der Waals surface area contributed by atoms with Crippen LogP contribution >= 0.6 is 26.8 Å². The lowest BCUT2D eigenvalue weighted by Gasteiger charge is -2.18. The molecule has 13 nitrogen and oxygen atoms in total. The number of aromatic nitrogens is 4. The molecule has 1 aliphatic rings. The van der Waals surface area contributed by atoms with Crippen LogP contribution in [0.4, 0.5) is 10.2 Å². The van der Waals surface area contributed by atoms with Gasteiger partial charge in [0.15, 0.2) is 17.8 Å². The normalized spacial score (nSPS) is 23.0. The fourth-order valence-corrected chi connectivity index (χ4v) is 6.54. The monoisotopic (exact) mass is 565 g/mol. The molecule has 36 heavy (non-hydrogen) atoms. The van der Waals surface area contributed by atoms with Crippen molar-refractivity contribution in [2.45, 2.75) is 37.8 Å². The molecule has 1 aromatic carbocycles. The van der Waals surface area contributed by atoms with Crippen LogP contribution in [0, 0.1) is 5.82 Å². The van der Waals surface area contributed by atoms with Gasteiger partial charge in [-0.3, -0.25) is 9.13 Å². The van der Waals surface area contributed by atoms with E-state index < -0.39 is 46.1 Å². The number of aliphatic hydroxyl groups excluding tert-OH is 1. The van der Waals surface area contributed by atoms with E-state index in [1.807, 2.05) is 6.92 Å². The standard InChI is InChI=1S/C19H23ClFN5O8P2/c1-10(11-3-2-4-12(21)5-11)23-16-14-7-22-26(17(14)25-19(20)24-16)18-15(27)6-13(34-18)8-33-36(31,32)9-35(28,29)30/h2-5,7,10,13,15,18,27H,6,8-9H2,1H3,(H,31,32)(H,23,24,25)(H2,28,29,30)/t10-,13-,15+,18+/m0/s1. The number of rotatable bonds is 9. The van der Waals surface area contributed by atoms with Gasteiger partial charge in [-0.1, -0.05) is 12.1 Å². The van der Waals surface area contributed by atoms with Crippen LogP contribution in [0.5, 0.6) is 0 Å². The second-order valence-corrected chi connectivity index (χ2v) is 12.6. The zero-order valence-corrected chi connectivity index (χ0v) is 21.2. The van der Waals surface area contributed by atoms with Crippen molar-refractivity contribution in [1.29, 1.82) is 0 Å². The van der Waals surface area contributed by atoms with Crippen molar-refractivity contribution in [3.05, 3.63) is 47.1 Å². The number of hydrogen-bond donors (Lipinski definition) is 5. The van der Waals surface area contributed by atoms with Gasteiger partial charge in [-0.05, 0) is 36.2 Å². The van der Waals surface area contributed by atoms with E-state index in [2.05, 4.69) is 20.4 Å². The summed E-state index contributed by atoms with van der Waals surface area (Å²) in [6.07, 6.45) is -1.62. The Hall–Kier alpha value is -1.99. The first-order valence-corrected chi connectivity index (χ1v) is 14.5. The van der Waals surface area contributed by atoms with Gasteiger partial charge in [0, 0.05) is 6.42 Å². The van der Waals surface area contributed by atoms with Crippen molar-refractivity contribution < 1.29 is 42.6 Å². The molecule has 196 valence electrons. The topological polar surface area (TPSA) is 189 Å². The maximum atomic E-state index is 13.6. The van der Waals surface area contributed by atoms with Gasteiger partial charge >= 0.3 is 15.2 Å². The Bertz CT molecular complexity index is 1360. The van der Waals surface area contributed by atoms with E-state index in [1.54, 1.807) is 12.1 Å². The van der Waals surface area contributed by atoms with Crippen LogP contribution in [-0.4, -0.2) is 64.3 Å². The summed E-state index contributed by atoms with van der Waals surface area (Å²) in [5, 5.41) is 18.2. The van der Waals surface area contributed by atoms with E-state index in [4.69, 9.17) is 30.6 Å². The van der Waals surface area contributed by atoms with E-state index in [1.165, 1.54) is 23.0 Å². The summed E-state index contributed by atoms with van der Waals surface area (Å²) in [6.45, 7) is 1.32. The number of halogens is 2. The SMILES string of the molecule is C[C@H](Nc1nc(Cl)nc2c1cnn2[C@@H]1O[C@H](COP(=O)(O)CP(=O)(O)O)C[C@H]1O)c1cccc(F)c1. The van der Waals surface area contributed by atoms with Crippen molar-refractivity contribution in [2.75, 3.05) is 17.8 Å².